The maximum Gasteiger partial charge on any atom is 0.322 e. The van der Waals surface area contributed by atoms with E-state index < -0.39 is 23.8 Å². The highest BCUT2D eigenvalue weighted by Crippen LogP contribution is 2.27. The number of rotatable bonds is 6. The lowest BCUT2D eigenvalue weighted by Crippen LogP contribution is -2.33. The Kier molecular flexibility index (Phi) is 6.70. The Balaban J connectivity index is 3.14. The second-order valence-corrected chi connectivity index (χ2v) is 4.58. The molecule has 0 saturated heterocycles. The molecule has 6 heteroatoms. The Labute approximate surface area is 128 Å². The molecule has 1 aromatic rings. The lowest BCUT2D eigenvalue weighted by molar-refractivity contribution is -0.162. The summed E-state index contributed by atoms with van der Waals surface area (Å²) in [4.78, 5) is 24.0. The smallest absolute Gasteiger partial charge is 0.322 e. The van der Waals surface area contributed by atoms with Gasteiger partial charge < -0.3 is 9.47 Å². The number of nitriles is 1. The van der Waals surface area contributed by atoms with Crippen LogP contribution in [0.15, 0.2) is 24.3 Å². The van der Waals surface area contributed by atoms with E-state index in [0.717, 1.165) is 0 Å². The monoisotopic (exact) mass is 309 g/mol. The maximum absolute atomic E-state index is 12.0. The number of nitrogens with zero attached hydrogens (tertiary/aromatic N) is 1. The molecule has 21 heavy (non-hydrogen) atoms. The Bertz CT molecular complexity index is 518. The molecule has 112 valence electrons. The lowest BCUT2D eigenvalue weighted by atomic mass is 9.87. The minimum absolute atomic E-state index is 0.119. The second kappa shape index (κ2) is 8.28. The molecule has 0 aliphatic carbocycles. The molecule has 0 radical (unpaired) electrons. The quantitative estimate of drug-likeness (QED) is 0.596. The van der Waals surface area contributed by atoms with Crippen molar-refractivity contribution in [2.24, 2.45) is 5.92 Å². The van der Waals surface area contributed by atoms with E-state index in [2.05, 4.69) is 0 Å². The zero-order valence-electron chi connectivity index (χ0n) is 11.8. The minimum Gasteiger partial charge on any atom is -0.465 e. The maximum atomic E-state index is 12.0. The third-order valence-electron chi connectivity index (χ3n) is 2.78. The van der Waals surface area contributed by atoms with Crippen molar-refractivity contribution in [3.05, 3.63) is 34.9 Å². The van der Waals surface area contributed by atoms with Crippen molar-refractivity contribution in [1.29, 1.82) is 5.26 Å². The van der Waals surface area contributed by atoms with Gasteiger partial charge in [0.1, 0.15) is 0 Å². The summed E-state index contributed by atoms with van der Waals surface area (Å²) in [6, 6.07) is 8.35. The zero-order valence-corrected chi connectivity index (χ0v) is 12.6. The summed E-state index contributed by atoms with van der Waals surface area (Å²) < 4.78 is 9.77. The molecule has 0 amide bonds. The first-order valence-corrected chi connectivity index (χ1v) is 6.91. The van der Waals surface area contributed by atoms with Gasteiger partial charge in [0.15, 0.2) is 5.92 Å². The SMILES string of the molecule is CCOC(=O)C(C(=O)OCC)C(C#N)c1ccc(Cl)cc1. The molecular weight excluding hydrogens is 294 g/mol. The summed E-state index contributed by atoms with van der Waals surface area (Å²) in [6.07, 6.45) is 0. The average molecular weight is 310 g/mol. The molecule has 0 aliphatic heterocycles. The minimum atomic E-state index is -1.31. The van der Waals surface area contributed by atoms with Crippen LogP contribution in [0.1, 0.15) is 25.3 Å². The van der Waals surface area contributed by atoms with Crippen molar-refractivity contribution in [2.75, 3.05) is 13.2 Å². The molecule has 0 aliphatic rings. The number of benzene rings is 1. The van der Waals surface area contributed by atoms with Gasteiger partial charge in [-0.2, -0.15) is 5.26 Å². The van der Waals surface area contributed by atoms with E-state index >= 15 is 0 Å². The number of esters is 2. The fraction of sp³-hybridized carbons (Fsp3) is 0.400. The molecule has 5 nitrogen and oxygen atoms in total. The highest BCUT2D eigenvalue weighted by Gasteiger charge is 2.38. The summed E-state index contributed by atoms with van der Waals surface area (Å²) >= 11 is 5.80. The summed E-state index contributed by atoms with van der Waals surface area (Å²) in [7, 11) is 0. The third kappa shape index (κ3) is 4.47. The predicted molar refractivity (Wildman–Crippen MR) is 76.6 cm³/mol. The summed E-state index contributed by atoms with van der Waals surface area (Å²) in [5.41, 5.74) is 0.507. The van der Waals surface area contributed by atoms with E-state index in [1.807, 2.05) is 6.07 Å². The van der Waals surface area contributed by atoms with E-state index in [1.54, 1.807) is 38.1 Å². The fourth-order valence-electron chi connectivity index (χ4n) is 1.84. The van der Waals surface area contributed by atoms with Crippen LogP contribution in [-0.2, 0) is 19.1 Å². The molecule has 0 heterocycles. The Hall–Kier alpha value is -2.06. The van der Waals surface area contributed by atoms with Gasteiger partial charge in [-0.05, 0) is 31.5 Å². The first-order valence-electron chi connectivity index (χ1n) is 6.53. The predicted octanol–water partition coefficient (Wildman–Crippen LogP) is 2.69. The zero-order chi connectivity index (χ0) is 15.8. The Morgan fingerprint density at radius 1 is 1.14 bits per heavy atom. The van der Waals surface area contributed by atoms with Gasteiger partial charge in [0, 0.05) is 5.02 Å². The van der Waals surface area contributed by atoms with Gasteiger partial charge in [-0.1, -0.05) is 23.7 Å². The molecule has 1 aromatic carbocycles. The van der Waals surface area contributed by atoms with Crippen molar-refractivity contribution < 1.29 is 19.1 Å². The third-order valence-corrected chi connectivity index (χ3v) is 3.03. The number of carbonyl (C=O) groups is 2. The van der Waals surface area contributed by atoms with Crippen molar-refractivity contribution in [3.8, 4) is 6.07 Å². The molecular formula is C15H16ClNO4. The Morgan fingerprint density at radius 3 is 2.00 bits per heavy atom. The van der Waals surface area contributed by atoms with Gasteiger partial charge in [0.05, 0.1) is 25.2 Å². The van der Waals surface area contributed by atoms with Crippen LogP contribution in [-0.4, -0.2) is 25.2 Å². The number of hydrogen-bond acceptors (Lipinski definition) is 5. The number of hydrogen-bond donors (Lipinski definition) is 0. The number of ether oxygens (including phenoxy) is 2. The van der Waals surface area contributed by atoms with Crippen LogP contribution in [0.25, 0.3) is 0 Å². The van der Waals surface area contributed by atoms with E-state index in [0.29, 0.717) is 10.6 Å². The molecule has 0 saturated carbocycles. The van der Waals surface area contributed by atoms with Gasteiger partial charge in [0.25, 0.3) is 0 Å². The van der Waals surface area contributed by atoms with Crippen LogP contribution in [0.5, 0.6) is 0 Å². The Morgan fingerprint density at radius 2 is 1.62 bits per heavy atom. The first-order chi connectivity index (χ1) is 10.0. The molecule has 0 fully saturated rings. The summed E-state index contributed by atoms with van der Waals surface area (Å²) in [5, 5.41) is 9.85. The van der Waals surface area contributed by atoms with Crippen molar-refractivity contribution >= 4 is 23.5 Å². The first kappa shape index (κ1) is 17.0. The molecule has 1 unspecified atom stereocenters. The van der Waals surface area contributed by atoms with Gasteiger partial charge in [-0.15, -0.1) is 0 Å². The van der Waals surface area contributed by atoms with Gasteiger partial charge in [-0.3, -0.25) is 9.59 Å². The van der Waals surface area contributed by atoms with Crippen LogP contribution < -0.4 is 0 Å². The average Bonchev–Trinajstić information content (AvgIpc) is 2.46. The number of carbonyl (C=O) groups excluding carboxylic acids is 2. The van der Waals surface area contributed by atoms with Crippen LogP contribution in [0.3, 0.4) is 0 Å². The summed E-state index contributed by atoms with van der Waals surface area (Å²) in [6.45, 7) is 3.49. The van der Waals surface area contributed by atoms with Gasteiger partial charge in [-0.25, -0.2) is 0 Å². The second-order valence-electron chi connectivity index (χ2n) is 4.14. The van der Waals surface area contributed by atoms with E-state index in [9.17, 15) is 14.9 Å². The highest BCUT2D eigenvalue weighted by atomic mass is 35.5. The molecule has 1 rings (SSSR count). The molecule has 0 bridgehead atoms. The van der Waals surface area contributed by atoms with E-state index in [-0.39, 0.29) is 13.2 Å². The summed E-state index contributed by atoms with van der Waals surface area (Å²) in [5.74, 6) is -3.83. The van der Waals surface area contributed by atoms with E-state index in [4.69, 9.17) is 21.1 Å². The highest BCUT2D eigenvalue weighted by molar-refractivity contribution is 6.30. The standard InChI is InChI=1S/C15H16ClNO4/c1-3-20-14(18)13(15(19)21-4-2)12(9-17)10-5-7-11(16)8-6-10/h5-8,12-13H,3-4H2,1-2H3. The largest absolute Gasteiger partial charge is 0.465 e. The topological polar surface area (TPSA) is 76.4 Å². The molecule has 0 aromatic heterocycles. The van der Waals surface area contributed by atoms with Crippen molar-refractivity contribution in [1.82, 2.24) is 0 Å². The van der Waals surface area contributed by atoms with Crippen LogP contribution in [0.4, 0.5) is 0 Å². The van der Waals surface area contributed by atoms with E-state index in [1.165, 1.54) is 0 Å². The molecule has 1 atom stereocenters. The lowest BCUT2D eigenvalue weighted by Gasteiger charge is -2.19. The van der Waals surface area contributed by atoms with Crippen LogP contribution >= 0.6 is 11.6 Å². The van der Waals surface area contributed by atoms with Crippen molar-refractivity contribution in [3.63, 3.8) is 0 Å². The van der Waals surface area contributed by atoms with Crippen LogP contribution in [0, 0.1) is 17.2 Å². The normalized spacial score (nSPS) is 11.6. The molecule has 0 spiro atoms. The fourth-order valence-corrected chi connectivity index (χ4v) is 1.97. The van der Waals surface area contributed by atoms with Gasteiger partial charge in [0.2, 0.25) is 0 Å². The van der Waals surface area contributed by atoms with Crippen molar-refractivity contribution in [2.45, 2.75) is 19.8 Å². The molecule has 0 N–H and O–H groups in total. The van der Waals surface area contributed by atoms with Gasteiger partial charge >= 0.3 is 11.9 Å². The number of halogens is 1. The van der Waals surface area contributed by atoms with Crippen LogP contribution in [0.2, 0.25) is 5.02 Å².